The third-order valence-corrected chi connectivity index (χ3v) is 3.21. The van der Waals surface area contributed by atoms with E-state index >= 15 is 0 Å². The molecule has 3 nitrogen and oxygen atoms in total. The van der Waals surface area contributed by atoms with Crippen molar-refractivity contribution in [2.24, 2.45) is 5.73 Å². The lowest BCUT2D eigenvalue weighted by molar-refractivity contribution is -0.120. The highest BCUT2D eigenvalue weighted by Gasteiger charge is 2.24. The Labute approximate surface area is 100 Å². The van der Waals surface area contributed by atoms with Crippen LogP contribution < -0.4 is 5.73 Å². The third-order valence-electron chi connectivity index (χ3n) is 3.21. The van der Waals surface area contributed by atoms with E-state index in [-0.39, 0.29) is 24.3 Å². The number of carbonyl (C=O) groups excluding carboxylic acids is 1. The molecule has 2 N–H and O–H groups in total. The van der Waals surface area contributed by atoms with Crippen LogP contribution in [0, 0.1) is 5.82 Å². The van der Waals surface area contributed by atoms with Gasteiger partial charge < -0.3 is 5.73 Å². The Bertz CT molecular complexity index is 408. The zero-order valence-electron chi connectivity index (χ0n) is 9.73. The maximum atomic E-state index is 13.2. The van der Waals surface area contributed by atoms with Crippen LogP contribution in [-0.4, -0.2) is 23.9 Å². The van der Waals surface area contributed by atoms with Gasteiger partial charge in [-0.2, -0.15) is 0 Å². The normalized spacial score (nSPS) is 21.4. The molecule has 4 heteroatoms. The number of rotatable bonds is 3. The number of nitrogens with zero attached hydrogens (tertiary/aromatic N) is 1. The minimum absolute atomic E-state index is 0.118. The molecule has 0 spiro atoms. The molecular formula is C13H17FN2O. The van der Waals surface area contributed by atoms with Crippen molar-refractivity contribution in [1.82, 2.24) is 4.90 Å². The van der Waals surface area contributed by atoms with Crippen LogP contribution >= 0.6 is 0 Å². The quantitative estimate of drug-likeness (QED) is 0.870. The zero-order chi connectivity index (χ0) is 12.3. The first-order chi connectivity index (χ1) is 8.16. The van der Waals surface area contributed by atoms with Gasteiger partial charge in [0.25, 0.3) is 0 Å². The molecule has 1 aromatic rings. The summed E-state index contributed by atoms with van der Waals surface area (Å²) in [7, 11) is 0. The van der Waals surface area contributed by atoms with Gasteiger partial charge in [-0.05, 0) is 37.1 Å². The summed E-state index contributed by atoms with van der Waals surface area (Å²) in [5.41, 5.74) is 6.17. The van der Waals surface area contributed by atoms with Crippen LogP contribution in [0.2, 0.25) is 0 Å². The second kappa shape index (κ2) is 5.27. The average molecular weight is 236 g/mol. The first-order valence-corrected chi connectivity index (χ1v) is 5.94. The zero-order valence-corrected chi connectivity index (χ0v) is 9.73. The Hall–Kier alpha value is -1.42. The molecule has 0 aliphatic carbocycles. The van der Waals surface area contributed by atoms with Gasteiger partial charge in [0, 0.05) is 6.04 Å². The van der Waals surface area contributed by atoms with Crippen LogP contribution in [0.1, 0.15) is 30.9 Å². The number of amides is 1. The lowest BCUT2D eigenvalue weighted by Gasteiger charge is -2.35. The first-order valence-electron chi connectivity index (χ1n) is 5.94. The number of primary amides is 1. The van der Waals surface area contributed by atoms with Gasteiger partial charge in [-0.25, -0.2) is 4.39 Å². The minimum atomic E-state index is -0.326. The maximum Gasteiger partial charge on any atom is 0.231 e. The molecule has 1 aromatic carbocycles. The summed E-state index contributed by atoms with van der Waals surface area (Å²) in [4.78, 5) is 13.1. The van der Waals surface area contributed by atoms with Crippen LogP contribution in [0.5, 0.6) is 0 Å². The third kappa shape index (κ3) is 3.03. The highest BCUT2D eigenvalue weighted by Crippen LogP contribution is 2.30. The Kier molecular flexibility index (Phi) is 3.74. The molecule has 0 radical (unpaired) electrons. The van der Waals surface area contributed by atoms with Crippen molar-refractivity contribution < 1.29 is 9.18 Å². The summed E-state index contributed by atoms with van der Waals surface area (Å²) in [6.45, 7) is 1.10. The van der Waals surface area contributed by atoms with E-state index in [4.69, 9.17) is 5.73 Å². The van der Waals surface area contributed by atoms with Crippen molar-refractivity contribution in [1.29, 1.82) is 0 Å². The van der Waals surface area contributed by atoms with E-state index in [0.717, 1.165) is 31.4 Å². The summed E-state index contributed by atoms with van der Waals surface area (Å²) in [6.07, 6.45) is 3.13. The molecule has 1 aliphatic heterocycles. The number of halogens is 1. The van der Waals surface area contributed by atoms with E-state index in [1.807, 2.05) is 11.0 Å². The fraction of sp³-hybridized carbons (Fsp3) is 0.462. The number of hydrogen-bond donors (Lipinski definition) is 1. The van der Waals surface area contributed by atoms with Crippen LogP contribution in [0.15, 0.2) is 24.3 Å². The number of carbonyl (C=O) groups is 1. The van der Waals surface area contributed by atoms with E-state index in [1.165, 1.54) is 6.07 Å². The minimum Gasteiger partial charge on any atom is -0.369 e. The van der Waals surface area contributed by atoms with Crippen LogP contribution in [0.3, 0.4) is 0 Å². The highest BCUT2D eigenvalue weighted by atomic mass is 19.1. The van der Waals surface area contributed by atoms with Gasteiger partial charge in [-0.1, -0.05) is 18.6 Å². The summed E-state index contributed by atoms with van der Waals surface area (Å²) >= 11 is 0. The summed E-state index contributed by atoms with van der Waals surface area (Å²) in [5, 5.41) is 0. The van der Waals surface area contributed by atoms with Gasteiger partial charge in [0.2, 0.25) is 5.91 Å². The largest absolute Gasteiger partial charge is 0.369 e. The fourth-order valence-electron chi connectivity index (χ4n) is 2.47. The summed E-state index contributed by atoms with van der Waals surface area (Å²) < 4.78 is 13.2. The molecule has 0 bridgehead atoms. The van der Waals surface area contributed by atoms with Gasteiger partial charge in [0.1, 0.15) is 5.82 Å². The van der Waals surface area contributed by atoms with Gasteiger partial charge in [0.05, 0.1) is 6.54 Å². The van der Waals surface area contributed by atoms with Crippen molar-refractivity contribution in [3.8, 4) is 0 Å². The van der Waals surface area contributed by atoms with E-state index in [2.05, 4.69) is 0 Å². The Morgan fingerprint density at radius 3 is 3.00 bits per heavy atom. The molecule has 1 unspecified atom stereocenters. The standard InChI is InChI=1S/C13H17FN2O/c14-11-5-3-4-10(8-11)12-6-1-2-7-16(12)9-13(15)17/h3-5,8,12H,1-2,6-7,9H2,(H2,15,17). The lowest BCUT2D eigenvalue weighted by atomic mass is 9.95. The molecule has 17 heavy (non-hydrogen) atoms. The molecule has 1 saturated heterocycles. The van der Waals surface area contributed by atoms with Crippen LogP contribution in [0.4, 0.5) is 4.39 Å². The Balaban J connectivity index is 2.18. The van der Waals surface area contributed by atoms with E-state index in [0.29, 0.717) is 0 Å². The van der Waals surface area contributed by atoms with Gasteiger partial charge >= 0.3 is 0 Å². The Morgan fingerprint density at radius 1 is 1.47 bits per heavy atom. The molecule has 1 amide bonds. The topological polar surface area (TPSA) is 46.3 Å². The summed E-state index contributed by atoms with van der Waals surface area (Å²) in [5.74, 6) is -0.555. The van der Waals surface area contributed by atoms with E-state index in [9.17, 15) is 9.18 Å². The van der Waals surface area contributed by atoms with E-state index in [1.54, 1.807) is 12.1 Å². The smallest absolute Gasteiger partial charge is 0.231 e. The predicted molar refractivity (Wildman–Crippen MR) is 63.8 cm³/mol. The number of piperidine rings is 1. The second-order valence-corrected chi connectivity index (χ2v) is 4.50. The molecule has 1 aliphatic rings. The molecule has 1 fully saturated rings. The molecular weight excluding hydrogens is 219 g/mol. The Morgan fingerprint density at radius 2 is 2.29 bits per heavy atom. The number of hydrogen-bond acceptors (Lipinski definition) is 2. The SMILES string of the molecule is NC(=O)CN1CCCCC1c1cccc(F)c1. The highest BCUT2D eigenvalue weighted by molar-refractivity contribution is 5.76. The molecule has 0 aromatic heterocycles. The number of nitrogens with two attached hydrogens (primary N) is 1. The van der Waals surface area contributed by atoms with Crippen LogP contribution in [-0.2, 0) is 4.79 Å². The van der Waals surface area contributed by atoms with Crippen molar-refractivity contribution in [2.45, 2.75) is 25.3 Å². The number of likely N-dealkylation sites (tertiary alicyclic amines) is 1. The summed E-state index contributed by atoms with van der Waals surface area (Å²) in [6, 6.07) is 6.72. The molecule has 1 heterocycles. The molecule has 2 rings (SSSR count). The van der Waals surface area contributed by atoms with Crippen molar-refractivity contribution in [3.05, 3.63) is 35.6 Å². The molecule has 92 valence electrons. The van der Waals surface area contributed by atoms with Gasteiger partial charge in [-0.3, -0.25) is 9.69 Å². The number of benzene rings is 1. The molecule has 1 atom stereocenters. The van der Waals surface area contributed by atoms with Crippen molar-refractivity contribution in [3.63, 3.8) is 0 Å². The fourth-order valence-corrected chi connectivity index (χ4v) is 2.47. The molecule has 0 saturated carbocycles. The predicted octanol–water partition coefficient (Wildman–Crippen LogP) is 1.84. The monoisotopic (exact) mass is 236 g/mol. The van der Waals surface area contributed by atoms with E-state index < -0.39 is 0 Å². The van der Waals surface area contributed by atoms with Gasteiger partial charge in [-0.15, -0.1) is 0 Å². The van der Waals surface area contributed by atoms with Crippen LogP contribution in [0.25, 0.3) is 0 Å². The van der Waals surface area contributed by atoms with Crippen molar-refractivity contribution >= 4 is 5.91 Å². The maximum absolute atomic E-state index is 13.2. The van der Waals surface area contributed by atoms with Gasteiger partial charge in [0.15, 0.2) is 0 Å². The first kappa shape index (κ1) is 12.0. The second-order valence-electron chi connectivity index (χ2n) is 4.50. The lowest BCUT2D eigenvalue weighted by Crippen LogP contribution is -2.39. The van der Waals surface area contributed by atoms with Crippen molar-refractivity contribution in [2.75, 3.05) is 13.1 Å². The average Bonchev–Trinajstić information content (AvgIpc) is 2.29.